The van der Waals surface area contributed by atoms with Crippen molar-refractivity contribution in [3.05, 3.63) is 0 Å². The molecule has 0 bridgehead atoms. The van der Waals surface area contributed by atoms with Gasteiger partial charge in [0, 0.05) is 169 Å². The Kier molecular flexibility index (Phi) is 219. The SMILES string of the molecule is [Bi].[Cu].[Fe].[K].[Na].[Pb]. The molecule has 0 aromatic heterocycles. The van der Waals surface area contributed by atoms with E-state index in [1.165, 1.54) is 0 Å². The van der Waals surface area contributed by atoms with E-state index in [1.807, 2.05) is 0 Å². The standard InChI is InChI=1S/Bi.Cu.Fe.K.Na.Pb. The summed E-state index contributed by atoms with van der Waals surface area (Å²) in [6, 6.07) is 0. The molecular weight excluding hydrogens is 598 g/mol. The first-order valence-corrected chi connectivity index (χ1v) is 0. The van der Waals surface area contributed by atoms with Gasteiger partial charge < -0.3 is 0 Å². The van der Waals surface area contributed by atoms with Gasteiger partial charge in [0.15, 0.2) is 0 Å². The van der Waals surface area contributed by atoms with Crippen molar-refractivity contribution in [2.75, 3.05) is 0 Å². The maximum absolute atomic E-state index is 0. The first-order valence-electron chi connectivity index (χ1n) is 0. The monoisotopic (exact) mass is 598 g/mol. The Morgan fingerprint density at radius 2 is 1.00 bits per heavy atom. The molecule has 0 saturated carbocycles. The number of rotatable bonds is 0. The molecule has 0 nitrogen and oxygen atoms in total. The molecule has 0 spiro atoms. The molecule has 6 heavy (non-hydrogen) atoms. The number of hydrogen-bond acceptors (Lipinski definition) is 0. The van der Waals surface area contributed by atoms with Gasteiger partial charge in [-0.25, -0.2) is 0 Å². The van der Waals surface area contributed by atoms with E-state index in [4.69, 9.17) is 0 Å². The Morgan fingerprint density at radius 1 is 1.00 bits per heavy atom. The molecule has 0 heterocycles. The van der Waals surface area contributed by atoms with Crippen LogP contribution in [0.1, 0.15) is 0 Å². The third kappa shape index (κ3) is 22.7. The Morgan fingerprint density at radius 3 is 1.00 bits per heavy atom. The van der Waals surface area contributed by atoms with Crippen LogP contribution >= 0.6 is 0 Å². The van der Waals surface area contributed by atoms with Crippen molar-refractivity contribution in [2.24, 2.45) is 0 Å². The van der Waals surface area contributed by atoms with Crippen molar-refractivity contribution in [1.82, 2.24) is 0 Å². The Balaban J connectivity index is 0. The summed E-state index contributed by atoms with van der Waals surface area (Å²) >= 11 is 0. The van der Waals surface area contributed by atoms with Gasteiger partial charge in [0.05, 0.1) is 0 Å². The average Bonchev–Trinajstić information content (AvgIpc) is 0. The summed E-state index contributed by atoms with van der Waals surface area (Å²) < 4.78 is 0. The number of hydrogen-bond donors (Lipinski definition) is 0. The average molecular weight is 598 g/mol. The molecule has 6 heteroatoms. The van der Waals surface area contributed by atoms with Gasteiger partial charge in [-0.3, -0.25) is 0 Å². The molecular formula is BiCuFeKNaPb. The quantitative estimate of drug-likeness (QED) is 0.298. The van der Waals surface area contributed by atoms with E-state index in [0.717, 1.165) is 0 Å². The first kappa shape index (κ1) is 42.0. The topological polar surface area (TPSA) is 0 Å². The van der Waals surface area contributed by atoms with E-state index < -0.39 is 0 Å². The molecule has 0 fully saturated rings. The van der Waals surface area contributed by atoms with Crippen LogP contribution in [0.5, 0.6) is 0 Å². The van der Waals surface area contributed by atoms with Gasteiger partial charge in [0.25, 0.3) is 0 Å². The van der Waals surface area contributed by atoms with Crippen molar-refractivity contribution in [1.29, 1.82) is 0 Å². The Bertz CT molecular complexity index is 15.5. The summed E-state index contributed by atoms with van der Waals surface area (Å²) in [6.07, 6.45) is 0. The van der Waals surface area contributed by atoms with Gasteiger partial charge in [-0.15, -0.1) is 0 Å². The van der Waals surface area contributed by atoms with E-state index >= 15 is 0 Å². The zero-order chi connectivity index (χ0) is 0. The fraction of sp³-hybridized carbons (Fsp3) is 0. The van der Waals surface area contributed by atoms with Crippen LogP contribution < -0.4 is 0 Å². The third-order valence-corrected chi connectivity index (χ3v) is 0. The van der Waals surface area contributed by atoms with Crippen LogP contribution in [0.15, 0.2) is 0 Å². The van der Waals surface area contributed by atoms with Gasteiger partial charge >= 0.3 is 0 Å². The summed E-state index contributed by atoms with van der Waals surface area (Å²) in [5.41, 5.74) is 0. The fourth-order valence-corrected chi connectivity index (χ4v) is 0. The van der Waals surface area contributed by atoms with E-state index in [0.29, 0.717) is 0 Å². The molecule has 0 aromatic rings. The molecule has 30 valence electrons. The van der Waals surface area contributed by atoms with Gasteiger partial charge in [-0.2, -0.15) is 0 Å². The fourth-order valence-electron chi connectivity index (χ4n) is 0. The Labute approximate surface area is 163 Å². The third-order valence-electron chi connectivity index (χ3n) is 0. The molecule has 0 aliphatic heterocycles. The minimum atomic E-state index is 0. The van der Waals surface area contributed by atoms with Crippen LogP contribution in [0.25, 0.3) is 0 Å². The van der Waals surface area contributed by atoms with E-state index in [9.17, 15) is 0 Å². The van der Waals surface area contributed by atoms with Crippen molar-refractivity contribution in [3.63, 3.8) is 0 Å². The molecule has 0 amide bonds. The summed E-state index contributed by atoms with van der Waals surface area (Å²) in [7, 11) is 0. The van der Waals surface area contributed by atoms with E-state index in [1.54, 1.807) is 0 Å². The molecule has 0 unspecified atom stereocenters. The normalized spacial score (nSPS) is 0. The van der Waals surface area contributed by atoms with E-state index in [2.05, 4.69) is 0 Å². The second-order valence-electron chi connectivity index (χ2n) is 0. The minimum Gasteiger partial charge on any atom is 0 e. The maximum Gasteiger partial charge on any atom is 0 e. The molecule has 0 saturated heterocycles. The van der Waals surface area contributed by atoms with Crippen molar-refractivity contribution in [2.45, 2.75) is 0 Å². The van der Waals surface area contributed by atoms with Crippen LogP contribution in [0.3, 0.4) is 0 Å². The molecule has 10 radical (unpaired) electrons. The molecule has 0 atom stereocenters. The maximum atomic E-state index is 0. The second kappa shape index (κ2) is 31.4. The second-order valence-corrected chi connectivity index (χ2v) is 0. The smallest absolute Gasteiger partial charge is 0 e. The van der Waals surface area contributed by atoms with Gasteiger partial charge in [0.2, 0.25) is 0 Å². The van der Waals surface area contributed by atoms with Crippen LogP contribution in [-0.4, -0.2) is 134 Å². The molecule has 0 N–H and O–H groups in total. The van der Waals surface area contributed by atoms with E-state index in [-0.39, 0.29) is 169 Å². The van der Waals surface area contributed by atoms with Gasteiger partial charge in [-0.05, 0) is 0 Å². The van der Waals surface area contributed by atoms with Crippen LogP contribution in [-0.2, 0) is 34.1 Å². The molecule has 0 aliphatic rings. The zero-order valence-electron chi connectivity index (χ0n) is 3.60. The van der Waals surface area contributed by atoms with Gasteiger partial charge in [-0.1, -0.05) is 0 Å². The molecule has 0 aromatic carbocycles. The van der Waals surface area contributed by atoms with Crippen LogP contribution in [0.2, 0.25) is 0 Å². The Hall–Kier alpha value is 5.48. The van der Waals surface area contributed by atoms with Crippen molar-refractivity contribution < 1.29 is 34.1 Å². The predicted octanol–water partition coefficient (Wildman–Crippen LogP) is -1.53. The first-order chi connectivity index (χ1) is 0. The molecule has 0 rings (SSSR count). The summed E-state index contributed by atoms with van der Waals surface area (Å²) in [5, 5.41) is 0. The molecule has 0 aliphatic carbocycles. The predicted molar refractivity (Wildman–Crippen MR) is 23.0 cm³/mol. The minimum absolute atomic E-state index is 0. The van der Waals surface area contributed by atoms with Crippen molar-refractivity contribution >= 4 is 134 Å². The van der Waals surface area contributed by atoms with Crippen LogP contribution in [0.4, 0.5) is 0 Å². The summed E-state index contributed by atoms with van der Waals surface area (Å²) in [5.74, 6) is 0. The zero-order valence-corrected chi connectivity index (χ0v) is 18.1. The van der Waals surface area contributed by atoms with Crippen LogP contribution in [0, 0.1) is 0 Å². The van der Waals surface area contributed by atoms with Crippen molar-refractivity contribution in [3.8, 4) is 0 Å². The van der Waals surface area contributed by atoms with Gasteiger partial charge in [0.1, 0.15) is 0 Å². The largest absolute Gasteiger partial charge is 0 e. The summed E-state index contributed by atoms with van der Waals surface area (Å²) in [4.78, 5) is 0. The summed E-state index contributed by atoms with van der Waals surface area (Å²) in [6.45, 7) is 0.